The Bertz CT molecular complexity index is 605. The first-order valence-corrected chi connectivity index (χ1v) is 7.97. The second-order valence-electron chi connectivity index (χ2n) is 4.95. The number of aromatic nitrogens is 2. The standard InChI is InChI=1S/C15H23N5S.HI/c1-5-14-18-12(11-21-14)9-17-15(16-2)20(4)10-13-7-6-8-19(13)3;/h6-8,11H,5,9-10H2,1-4H3,(H,16,17);1H. The summed E-state index contributed by atoms with van der Waals surface area (Å²) in [5.74, 6) is 0.877. The molecular formula is C15H24IN5S. The van der Waals surface area contributed by atoms with Crippen LogP contribution in [0.2, 0.25) is 0 Å². The van der Waals surface area contributed by atoms with Crippen LogP contribution in [-0.2, 0) is 26.6 Å². The molecule has 0 spiro atoms. The highest BCUT2D eigenvalue weighted by Gasteiger charge is 2.09. The van der Waals surface area contributed by atoms with Crippen LogP contribution in [-0.4, -0.2) is 34.5 Å². The Kier molecular flexibility index (Phi) is 7.88. The predicted octanol–water partition coefficient (Wildman–Crippen LogP) is 2.87. The zero-order chi connectivity index (χ0) is 15.2. The Morgan fingerprint density at radius 1 is 1.50 bits per heavy atom. The van der Waals surface area contributed by atoms with Gasteiger partial charge in [0, 0.05) is 38.4 Å². The van der Waals surface area contributed by atoms with Gasteiger partial charge in [0.05, 0.1) is 23.8 Å². The van der Waals surface area contributed by atoms with Crippen molar-refractivity contribution in [2.45, 2.75) is 26.4 Å². The Balaban J connectivity index is 0.00000242. The monoisotopic (exact) mass is 433 g/mol. The predicted molar refractivity (Wildman–Crippen MR) is 104 cm³/mol. The molecule has 2 aromatic heterocycles. The van der Waals surface area contributed by atoms with Gasteiger partial charge in [0.25, 0.3) is 0 Å². The van der Waals surface area contributed by atoms with Gasteiger partial charge in [0.1, 0.15) is 0 Å². The van der Waals surface area contributed by atoms with Gasteiger partial charge in [-0.3, -0.25) is 4.99 Å². The molecule has 0 aliphatic carbocycles. The van der Waals surface area contributed by atoms with Crippen LogP contribution in [0.5, 0.6) is 0 Å². The van der Waals surface area contributed by atoms with Crippen LogP contribution in [0.25, 0.3) is 0 Å². The topological polar surface area (TPSA) is 45.5 Å². The Labute approximate surface area is 153 Å². The largest absolute Gasteiger partial charge is 0.353 e. The van der Waals surface area contributed by atoms with Gasteiger partial charge in [0.2, 0.25) is 0 Å². The first-order valence-electron chi connectivity index (χ1n) is 7.09. The summed E-state index contributed by atoms with van der Waals surface area (Å²) in [5.41, 5.74) is 2.33. The average Bonchev–Trinajstić information content (AvgIpc) is 3.09. The molecule has 0 aliphatic heterocycles. The fourth-order valence-electron chi connectivity index (χ4n) is 2.13. The van der Waals surface area contributed by atoms with Crippen molar-refractivity contribution in [1.82, 2.24) is 19.8 Å². The lowest BCUT2D eigenvalue weighted by molar-refractivity contribution is 0.461. The van der Waals surface area contributed by atoms with Crippen molar-refractivity contribution in [3.63, 3.8) is 0 Å². The highest BCUT2D eigenvalue weighted by molar-refractivity contribution is 14.0. The molecule has 0 bridgehead atoms. The molecule has 0 unspecified atom stereocenters. The van der Waals surface area contributed by atoms with Crippen molar-refractivity contribution in [3.8, 4) is 0 Å². The fraction of sp³-hybridized carbons (Fsp3) is 0.467. The van der Waals surface area contributed by atoms with E-state index in [2.05, 4.69) is 62.4 Å². The quantitative estimate of drug-likeness (QED) is 0.448. The molecule has 7 heteroatoms. The fourth-order valence-corrected chi connectivity index (χ4v) is 2.87. The van der Waals surface area contributed by atoms with E-state index in [9.17, 15) is 0 Å². The number of halogens is 1. The molecule has 2 heterocycles. The van der Waals surface area contributed by atoms with Gasteiger partial charge in [0.15, 0.2) is 5.96 Å². The molecule has 0 aromatic carbocycles. The Morgan fingerprint density at radius 2 is 2.27 bits per heavy atom. The zero-order valence-electron chi connectivity index (χ0n) is 13.5. The van der Waals surface area contributed by atoms with Gasteiger partial charge in [-0.05, 0) is 18.6 Å². The molecule has 0 fully saturated rings. The summed E-state index contributed by atoms with van der Waals surface area (Å²) in [6, 6.07) is 4.18. The number of hydrogen-bond donors (Lipinski definition) is 1. The van der Waals surface area contributed by atoms with Crippen molar-refractivity contribution in [1.29, 1.82) is 0 Å². The van der Waals surface area contributed by atoms with Crippen molar-refractivity contribution in [2.24, 2.45) is 12.0 Å². The third-order valence-electron chi connectivity index (χ3n) is 3.35. The van der Waals surface area contributed by atoms with E-state index in [1.54, 1.807) is 11.3 Å². The molecule has 1 N–H and O–H groups in total. The van der Waals surface area contributed by atoms with Crippen LogP contribution in [0.4, 0.5) is 0 Å². The van der Waals surface area contributed by atoms with E-state index in [1.165, 1.54) is 10.7 Å². The molecule has 0 saturated carbocycles. The minimum Gasteiger partial charge on any atom is -0.353 e. The van der Waals surface area contributed by atoms with Crippen LogP contribution in [0.3, 0.4) is 0 Å². The molecule has 0 amide bonds. The highest BCUT2D eigenvalue weighted by Crippen LogP contribution is 2.10. The van der Waals surface area contributed by atoms with Crippen molar-refractivity contribution >= 4 is 41.3 Å². The summed E-state index contributed by atoms with van der Waals surface area (Å²) in [5, 5.41) is 6.65. The van der Waals surface area contributed by atoms with E-state index in [0.29, 0.717) is 6.54 Å². The van der Waals surface area contributed by atoms with Gasteiger partial charge in [-0.25, -0.2) is 4.98 Å². The van der Waals surface area contributed by atoms with E-state index in [1.807, 2.05) is 14.1 Å². The number of thiazole rings is 1. The van der Waals surface area contributed by atoms with Gasteiger partial charge < -0.3 is 14.8 Å². The lowest BCUT2D eigenvalue weighted by Crippen LogP contribution is -2.38. The smallest absolute Gasteiger partial charge is 0.194 e. The van der Waals surface area contributed by atoms with Gasteiger partial charge in [-0.1, -0.05) is 6.92 Å². The van der Waals surface area contributed by atoms with Crippen LogP contribution in [0.1, 0.15) is 23.3 Å². The van der Waals surface area contributed by atoms with Gasteiger partial charge >= 0.3 is 0 Å². The molecule has 2 rings (SSSR count). The number of aliphatic imine (C=N–C) groups is 1. The second kappa shape index (κ2) is 9.14. The van der Waals surface area contributed by atoms with E-state index in [0.717, 1.165) is 24.6 Å². The Hall–Kier alpha value is -1.09. The summed E-state index contributed by atoms with van der Waals surface area (Å²) in [6.07, 6.45) is 3.05. The van der Waals surface area contributed by atoms with Crippen LogP contribution in [0, 0.1) is 0 Å². The summed E-state index contributed by atoms with van der Waals surface area (Å²) in [4.78, 5) is 11.0. The lowest BCUT2D eigenvalue weighted by atomic mass is 10.4. The SMILES string of the molecule is CCc1nc(CNC(=NC)N(C)Cc2cccn2C)cs1.I. The first-order chi connectivity index (χ1) is 10.1. The first kappa shape index (κ1) is 19.0. The average molecular weight is 433 g/mol. The van der Waals surface area contributed by atoms with E-state index in [-0.39, 0.29) is 24.0 Å². The van der Waals surface area contributed by atoms with Gasteiger partial charge in [-0.15, -0.1) is 35.3 Å². The molecule has 0 atom stereocenters. The molecule has 0 saturated heterocycles. The summed E-state index contributed by atoms with van der Waals surface area (Å²) >= 11 is 1.72. The number of nitrogens with one attached hydrogen (secondary N) is 1. The molecule has 0 aliphatic rings. The number of nitrogens with zero attached hydrogens (tertiary/aromatic N) is 4. The normalized spacial score (nSPS) is 11.2. The minimum absolute atomic E-state index is 0. The molecular weight excluding hydrogens is 409 g/mol. The second-order valence-corrected chi connectivity index (χ2v) is 5.90. The number of guanidine groups is 1. The molecule has 22 heavy (non-hydrogen) atoms. The summed E-state index contributed by atoms with van der Waals surface area (Å²) in [7, 11) is 5.91. The van der Waals surface area contributed by atoms with Crippen LogP contribution < -0.4 is 5.32 Å². The number of aryl methyl sites for hydroxylation is 2. The summed E-state index contributed by atoms with van der Waals surface area (Å²) < 4.78 is 2.12. The lowest BCUT2D eigenvalue weighted by Gasteiger charge is -2.22. The highest BCUT2D eigenvalue weighted by atomic mass is 127. The molecule has 2 aromatic rings. The molecule has 0 radical (unpaired) electrons. The van der Waals surface area contributed by atoms with Crippen molar-refractivity contribution in [3.05, 3.63) is 40.1 Å². The van der Waals surface area contributed by atoms with Gasteiger partial charge in [-0.2, -0.15) is 0 Å². The maximum absolute atomic E-state index is 4.56. The maximum atomic E-state index is 4.56. The molecule has 5 nitrogen and oxygen atoms in total. The van der Waals surface area contributed by atoms with Crippen LogP contribution in [0.15, 0.2) is 28.7 Å². The minimum atomic E-state index is 0. The molecule has 122 valence electrons. The maximum Gasteiger partial charge on any atom is 0.194 e. The Morgan fingerprint density at radius 3 is 2.82 bits per heavy atom. The number of hydrogen-bond acceptors (Lipinski definition) is 3. The van der Waals surface area contributed by atoms with Crippen molar-refractivity contribution < 1.29 is 0 Å². The third kappa shape index (κ3) is 4.98. The van der Waals surface area contributed by atoms with Crippen molar-refractivity contribution in [2.75, 3.05) is 14.1 Å². The van der Waals surface area contributed by atoms with E-state index >= 15 is 0 Å². The number of rotatable bonds is 5. The summed E-state index contributed by atoms with van der Waals surface area (Å²) in [6.45, 7) is 3.66. The van der Waals surface area contributed by atoms with Crippen LogP contribution >= 0.6 is 35.3 Å². The van der Waals surface area contributed by atoms with E-state index < -0.39 is 0 Å². The van der Waals surface area contributed by atoms with E-state index in [4.69, 9.17) is 0 Å². The third-order valence-corrected chi connectivity index (χ3v) is 4.40. The zero-order valence-corrected chi connectivity index (χ0v) is 16.7.